The van der Waals surface area contributed by atoms with Gasteiger partial charge in [0.15, 0.2) is 0 Å². The van der Waals surface area contributed by atoms with Gasteiger partial charge in [0.1, 0.15) is 0 Å². The smallest absolute Gasteiger partial charge is 0.409 e. The molecule has 0 unspecified atom stereocenters. The van der Waals surface area contributed by atoms with Gasteiger partial charge in [0, 0.05) is 31.2 Å². The van der Waals surface area contributed by atoms with Crippen molar-refractivity contribution in [3.63, 3.8) is 0 Å². The number of hydrogen-bond donors (Lipinski definition) is 2. The minimum absolute atomic E-state index is 0.174. The summed E-state index contributed by atoms with van der Waals surface area (Å²) in [5, 5.41) is 5.46. The Morgan fingerprint density at radius 2 is 1.66 bits per heavy atom. The predicted octanol–water partition coefficient (Wildman–Crippen LogP) is 1.14. The molecule has 1 aromatic rings. The molecular formula is C18H22Cl2N4O5. The summed E-state index contributed by atoms with van der Waals surface area (Å²) in [6.07, 6.45) is -0.399. The molecule has 1 aromatic carbocycles. The van der Waals surface area contributed by atoms with Crippen LogP contribution < -0.4 is 10.6 Å². The Kier molecular flexibility index (Phi) is 8.53. The van der Waals surface area contributed by atoms with Gasteiger partial charge in [-0.3, -0.25) is 14.4 Å². The molecule has 2 rings (SSSR count). The molecule has 1 fully saturated rings. The molecule has 0 saturated carbocycles. The number of nitrogens with zero attached hydrogens (tertiary/aromatic N) is 2. The highest BCUT2D eigenvalue weighted by Crippen LogP contribution is 2.20. The van der Waals surface area contributed by atoms with Crippen LogP contribution in [-0.4, -0.2) is 79.5 Å². The third kappa shape index (κ3) is 6.79. The number of carbonyl (C=O) groups excluding carboxylic acids is 4. The standard InChI is InChI=1S/C18H22Cl2N4O5/c1-2-29-18(28)24-7-5-23(6-8-24)16(26)11-21-15(25)10-22-17(27)13-4-3-12(19)9-14(13)20/h3-4,9H,2,5-8,10-11H2,1H3,(H,21,25)(H,22,27). The summed E-state index contributed by atoms with van der Waals surface area (Å²) in [7, 11) is 0. The van der Waals surface area contributed by atoms with Crippen LogP contribution in [0, 0.1) is 0 Å². The second-order valence-corrected chi connectivity index (χ2v) is 6.99. The Morgan fingerprint density at radius 3 is 2.28 bits per heavy atom. The number of hydrogen-bond acceptors (Lipinski definition) is 5. The summed E-state index contributed by atoms with van der Waals surface area (Å²) in [5.41, 5.74) is 0.194. The fourth-order valence-electron chi connectivity index (χ4n) is 2.63. The van der Waals surface area contributed by atoms with E-state index in [0.717, 1.165) is 0 Å². The minimum atomic E-state index is -0.525. The zero-order valence-electron chi connectivity index (χ0n) is 15.9. The molecule has 1 aliphatic rings. The third-order valence-electron chi connectivity index (χ3n) is 4.18. The molecule has 0 atom stereocenters. The summed E-state index contributed by atoms with van der Waals surface area (Å²) in [6, 6.07) is 4.40. The van der Waals surface area contributed by atoms with Gasteiger partial charge in [-0.15, -0.1) is 0 Å². The van der Waals surface area contributed by atoms with Crippen molar-refractivity contribution < 1.29 is 23.9 Å². The molecule has 0 spiro atoms. The maximum atomic E-state index is 12.2. The second kappa shape index (κ2) is 10.9. The Bertz CT molecular complexity index is 782. The number of nitrogens with one attached hydrogen (secondary N) is 2. The van der Waals surface area contributed by atoms with Crippen molar-refractivity contribution in [2.45, 2.75) is 6.92 Å². The average Bonchev–Trinajstić information content (AvgIpc) is 2.70. The molecule has 1 aliphatic heterocycles. The third-order valence-corrected chi connectivity index (χ3v) is 4.73. The van der Waals surface area contributed by atoms with E-state index in [-0.39, 0.29) is 29.6 Å². The summed E-state index contributed by atoms with van der Waals surface area (Å²) in [5.74, 6) is -1.31. The highest BCUT2D eigenvalue weighted by atomic mass is 35.5. The van der Waals surface area contributed by atoms with Crippen LogP contribution in [0.2, 0.25) is 10.0 Å². The maximum Gasteiger partial charge on any atom is 0.409 e. The lowest BCUT2D eigenvalue weighted by molar-refractivity contribution is -0.134. The van der Waals surface area contributed by atoms with Gasteiger partial charge < -0.3 is 25.2 Å². The van der Waals surface area contributed by atoms with Crippen LogP contribution in [0.1, 0.15) is 17.3 Å². The lowest BCUT2D eigenvalue weighted by Gasteiger charge is -2.34. The summed E-state index contributed by atoms with van der Waals surface area (Å²) in [6.45, 7) is 2.99. The first-order valence-electron chi connectivity index (χ1n) is 9.01. The van der Waals surface area contributed by atoms with E-state index < -0.39 is 17.9 Å². The first-order chi connectivity index (χ1) is 13.8. The normalized spacial score (nSPS) is 13.6. The van der Waals surface area contributed by atoms with Gasteiger partial charge in [-0.05, 0) is 25.1 Å². The highest BCUT2D eigenvalue weighted by molar-refractivity contribution is 6.36. The number of ether oxygens (including phenoxy) is 1. The van der Waals surface area contributed by atoms with E-state index >= 15 is 0 Å². The molecule has 9 nitrogen and oxygen atoms in total. The van der Waals surface area contributed by atoms with Crippen LogP contribution in [0.4, 0.5) is 4.79 Å². The number of rotatable bonds is 6. The lowest BCUT2D eigenvalue weighted by Crippen LogP contribution is -2.53. The monoisotopic (exact) mass is 444 g/mol. The number of amides is 4. The molecule has 158 valence electrons. The van der Waals surface area contributed by atoms with Crippen molar-refractivity contribution in [3.8, 4) is 0 Å². The van der Waals surface area contributed by atoms with Crippen LogP contribution in [-0.2, 0) is 14.3 Å². The SMILES string of the molecule is CCOC(=O)N1CCN(C(=O)CNC(=O)CNC(=O)c2ccc(Cl)cc2Cl)CC1. The van der Waals surface area contributed by atoms with Gasteiger partial charge in [0.25, 0.3) is 5.91 Å². The van der Waals surface area contributed by atoms with Gasteiger partial charge >= 0.3 is 6.09 Å². The van der Waals surface area contributed by atoms with Crippen molar-refractivity contribution in [3.05, 3.63) is 33.8 Å². The van der Waals surface area contributed by atoms with Crippen molar-refractivity contribution in [1.29, 1.82) is 0 Å². The first-order valence-corrected chi connectivity index (χ1v) is 9.76. The van der Waals surface area contributed by atoms with Crippen LogP contribution >= 0.6 is 23.2 Å². The summed E-state index contributed by atoms with van der Waals surface area (Å²) >= 11 is 11.7. The van der Waals surface area contributed by atoms with Crippen LogP contribution in [0.3, 0.4) is 0 Å². The fourth-order valence-corrected chi connectivity index (χ4v) is 3.13. The predicted molar refractivity (Wildman–Crippen MR) is 107 cm³/mol. The molecule has 0 bridgehead atoms. The Hall–Kier alpha value is -2.52. The largest absolute Gasteiger partial charge is 0.450 e. The van der Waals surface area contributed by atoms with Crippen molar-refractivity contribution in [1.82, 2.24) is 20.4 Å². The number of carbonyl (C=O) groups is 4. The number of benzene rings is 1. The zero-order chi connectivity index (χ0) is 21.4. The van der Waals surface area contributed by atoms with E-state index in [1.54, 1.807) is 11.8 Å². The molecule has 0 aliphatic carbocycles. The highest BCUT2D eigenvalue weighted by Gasteiger charge is 2.24. The summed E-state index contributed by atoms with van der Waals surface area (Å²) < 4.78 is 4.92. The van der Waals surface area contributed by atoms with Gasteiger partial charge in [-0.1, -0.05) is 23.2 Å². The van der Waals surface area contributed by atoms with Crippen molar-refractivity contribution >= 4 is 47.0 Å². The number of halogens is 2. The molecule has 0 aromatic heterocycles. The van der Waals surface area contributed by atoms with Crippen molar-refractivity contribution in [2.75, 3.05) is 45.9 Å². The van der Waals surface area contributed by atoms with Crippen LogP contribution in [0.25, 0.3) is 0 Å². The van der Waals surface area contributed by atoms with E-state index in [0.29, 0.717) is 37.8 Å². The molecule has 4 amide bonds. The van der Waals surface area contributed by atoms with E-state index in [2.05, 4.69) is 10.6 Å². The molecule has 0 radical (unpaired) electrons. The van der Waals surface area contributed by atoms with E-state index in [1.165, 1.54) is 23.1 Å². The fraction of sp³-hybridized carbons (Fsp3) is 0.444. The molecule has 11 heteroatoms. The Balaban J connectivity index is 1.70. The zero-order valence-corrected chi connectivity index (χ0v) is 17.4. The van der Waals surface area contributed by atoms with Gasteiger partial charge in [-0.2, -0.15) is 0 Å². The maximum absolute atomic E-state index is 12.2. The molecule has 2 N–H and O–H groups in total. The Labute approximate surface area is 178 Å². The van der Waals surface area contributed by atoms with Crippen LogP contribution in [0.15, 0.2) is 18.2 Å². The summed E-state index contributed by atoms with van der Waals surface area (Å²) in [4.78, 5) is 50.9. The second-order valence-electron chi connectivity index (χ2n) is 6.15. The molecular weight excluding hydrogens is 423 g/mol. The molecule has 1 saturated heterocycles. The molecule has 29 heavy (non-hydrogen) atoms. The van der Waals surface area contributed by atoms with Gasteiger partial charge in [-0.25, -0.2) is 4.79 Å². The lowest BCUT2D eigenvalue weighted by atomic mass is 10.2. The molecule has 1 heterocycles. The van der Waals surface area contributed by atoms with E-state index in [9.17, 15) is 19.2 Å². The average molecular weight is 445 g/mol. The first kappa shape index (κ1) is 22.8. The van der Waals surface area contributed by atoms with Gasteiger partial charge in [0.05, 0.1) is 30.3 Å². The van der Waals surface area contributed by atoms with E-state index in [4.69, 9.17) is 27.9 Å². The van der Waals surface area contributed by atoms with Crippen LogP contribution in [0.5, 0.6) is 0 Å². The Morgan fingerprint density at radius 1 is 1.00 bits per heavy atom. The minimum Gasteiger partial charge on any atom is -0.450 e. The number of piperazine rings is 1. The van der Waals surface area contributed by atoms with Gasteiger partial charge in [0.2, 0.25) is 11.8 Å². The quantitative estimate of drug-likeness (QED) is 0.683. The topological polar surface area (TPSA) is 108 Å². The van der Waals surface area contributed by atoms with E-state index in [1.807, 2.05) is 0 Å². The van der Waals surface area contributed by atoms with Crippen molar-refractivity contribution in [2.24, 2.45) is 0 Å².